The highest BCUT2D eigenvalue weighted by Crippen LogP contribution is 2.25. The van der Waals surface area contributed by atoms with Crippen molar-refractivity contribution in [1.29, 1.82) is 0 Å². The van der Waals surface area contributed by atoms with E-state index in [4.69, 9.17) is 4.74 Å². The van der Waals surface area contributed by atoms with Gasteiger partial charge >= 0.3 is 12.3 Å². The maximum atomic E-state index is 12.4. The molecule has 0 fully saturated rings. The summed E-state index contributed by atoms with van der Waals surface area (Å²) < 4.78 is 45.2. The van der Waals surface area contributed by atoms with Crippen LogP contribution in [0.1, 0.15) is 39.0 Å². The van der Waals surface area contributed by atoms with E-state index in [2.05, 4.69) is 15.0 Å². The van der Waals surface area contributed by atoms with Crippen molar-refractivity contribution < 1.29 is 32.2 Å². The Morgan fingerprint density at radius 1 is 1.15 bits per heavy atom. The highest BCUT2D eigenvalue weighted by atomic mass is 19.4. The van der Waals surface area contributed by atoms with Gasteiger partial charge in [0.2, 0.25) is 0 Å². The van der Waals surface area contributed by atoms with Crippen LogP contribution in [-0.2, 0) is 4.74 Å². The summed E-state index contributed by atoms with van der Waals surface area (Å²) in [7, 11) is 0. The van der Waals surface area contributed by atoms with Gasteiger partial charge in [0.25, 0.3) is 5.91 Å². The highest BCUT2D eigenvalue weighted by Gasteiger charge is 2.31. The fourth-order valence-corrected chi connectivity index (χ4v) is 2.42. The summed E-state index contributed by atoms with van der Waals surface area (Å²) >= 11 is 0. The van der Waals surface area contributed by atoms with Crippen molar-refractivity contribution in [3.05, 3.63) is 46.8 Å². The minimum Gasteiger partial charge on any atom is -0.462 e. The molecule has 2 rings (SSSR count). The van der Waals surface area contributed by atoms with Crippen LogP contribution in [0.5, 0.6) is 5.75 Å². The summed E-state index contributed by atoms with van der Waals surface area (Å²) in [6.07, 6.45) is -4.78. The Morgan fingerprint density at radius 2 is 1.77 bits per heavy atom. The van der Waals surface area contributed by atoms with Gasteiger partial charge in [-0.3, -0.25) is 4.79 Å². The molecule has 6 nitrogen and oxygen atoms in total. The van der Waals surface area contributed by atoms with Crippen molar-refractivity contribution in [3.8, 4) is 5.75 Å². The fraction of sp³-hybridized carbons (Fsp3) is 0.294. The van der Waals surface area contributed by atoms with Crippen LogP contribution in [-0.4, -0.2) is 29.8 Å². The summed E-state index contributed by atoms with van der Waals surface area (Å²) in [4.78, 5) is 27.2. The fourth-order valence-electron chi connectivity index (χ4n) is 2.42. The van der Waals surface area contributed by atoms with E-state index in [0.29, 0.717) is 11.3 Å². The van der Waals surface area contributed by atoms with E-state index in [9.17, 15) is 22.8 Å². The number of halogens is 3. The SMILES string of the molecule is CCOC(=O)c1c(C)[nH]c(C(=O)Nc2ccc(OC(F)(F)F)cc2)c1C. The molecule has 0 atom stereocenters. The van der Waals surface area contributed by atoms with Gasteiger partial charge in [-0.05, 0) is 50.6 Å². The third-order valence-electron chi connectivity index (χ3n) is 3.49. The van der Waals surface area contributed by atoms with Gasteiger partial charge < -0.3 is 19.8 Å². The first-order chi connectivity index (χ1) is 12.1. The number of aryl methyl sites for hydroxylation is 1. The zero-order valence-corrected chi connectivity index (χ0v) is 14.3. The number of esters is 1. The first kappa shape index (κ1) is 19.4. The van der Waals surface area contributed by atoms with Crippen LogP contribution in [0.2, 0.25) is 0 Å². The molecule has 0 spiro atoms. The lowest BCUT2D eigenvalue weighted by Gasteiger charge is -2.10. The van der Waals surface area contributed by atoms with E-state index in [0.717, 1.165) is 12.1 Å². The van der Waals surface area contributed by atoms with Gasteiger partial charge in [-0.2, -0.15) is 0 Å². The van der Waals surface area contributed by atoms with Crippen LogP contribution in [0, 0.1) is 13.8 Å². The Hall–Kier alpha value is -2.97. The van der Waals surface area contributed by atoms with Crippen molar-refractivity contribution >= 4 is 17.6 Å². The van der Waals surface area contributed by atoms with Gasteiger partial charge in [0.15, 0.2) is 0 Å². The smallest absolute Gasteiger partial charge is 0.462 e. The van der Waals surface area contributed by atoms with E-state index < -0.39 is 24.0 Å². The third-order valence-corrected chi connectivity index (χ3v) is 3.49. The molecule has 0 aliphatic rings. The Balaban J connectivity index is 2.15. The van der Waals surface area contributed by atoms with Crippen LogP contribution in [0.3, 0.4) is 0 Å². The molecule has 140 valence electrons. The lowest BCUT2D eigenvalue weighted by Crippen LogP contribution is -2.17. The summed E-state index contributed by atoms with van der Waals surface area (Å²) in [5.74, 6) is -1.47. The molecule has 0 bridgehead atoms. The number of aromatic nitrogens is 1. The molecule has 0 unspecified atom stereocenters. The number of carbonyl (C=O) groups excluding carboxylic acids is 2. The number of alkyl halides is 3. The predicted octanol–water partition coefficient (Wildman–Crippen LogP) is 3.96. The lowest BCUT2D eigenvalue weighted by atomic mass is 10.1. The van der Waals surface area contributed by atoms with Crippen molar-refractivity contribution in [2.45, 2.75) is 27.1 Å². The van der Waals surface area contributed by atoms with Crippen molar-refractivity contribution in [3.63, 3.8) is 0 Å². The van der Waals surface area contributed by atoms with Crippen LogP contribution >= 0.6 is 0 Å². The summed E-state index contributed by atoms with van der Waals surface area (Å²) in [6.45, 7) is 5.12. The average Bonchev–Trinajstić information content (AvgIpc) is 2.83. The topological polar surface area (TPSA) is 80.4 Å². The van der Waals surface area contributed by atoms with Gasteiger partial charge in [-0.25, -0.2) is 4.79 Å². The normalized spacial score (nSPS) is 11.2. The van der Waals surface area contributed by atoms with Gasteiger partial charge in [0.1, 0.15) is 11.4 Å². The molecule has 0 radical (unpaired) electrons. The number of nitrogens with one attached hydrogen (secondary N) is 2. The molecule has 0 saturated heterocycles. The second kappa shape index (κ2) is 7.51. The van der Waals surface area contributed by atoms with Crippen molar-refractivity contribution in [2.75, 3.05) is 11.9 Å². The monoisotopic (exact) mass is 370 g/mol. The largest absolute Gasteiger partial charge is 0.573 e. The number of rotatable bonds is 5. The number of benzene rings is 1. The standard InChI is InChI=1S/C17H17F3N2O4/c1-4-25-16(24)13-9(2)14(21-10(13)3)15(23)22-11-5-7-12(8-6-11)26-17(18,19)20/h5-8,21H,4H2,1-3H3,(H,22,23). The van der Waals surface area contributed by atoms with E-state index in [-0.39, 0.29) is 23.6 Å². The van der Waals surface area contributed by atoms with Gasteiger partial charge in [0.05, 0.1) is 12.2 Å². The molecular formula is C17H17F3N2O4. The van der Waals surface area contributed by atoms with E-state index in [1.54, 1.807) is 20.8 Å². The molecule has 1 aromatic carbocycles. The number of H-pyrrole nitrogens is 1. The molecule has 0 aliphatic heterocycles. The molecule has 1 amide bonds. The molecule has 26 heavy (non-hydrogen) atoms. The minimum atomic E-state index is -4.78. The highest BCUT2D eigenvalue weighted by molar-refractivity contribution is 6.06. The maximum Gasteiger partial charge on any atom is 0.573 e. The summed E-state index contributed by atoms with van der Waals surface area (Å²) in [5.41, 5.74) is 1.64. The lowest BCUT2D eigenvalue weighted by molar-refractivity contribution is -0.274. The van der Waals surface area contributed by atoms with Crippen LogP contribution in [0.4, 0.5) is 18.9 Å². The molecule has 1 heterocycles. The van der Waals surface area contributed by atoms with Crippen LogP contribution < -0.4 is 10.1 Å². The Labute approximate surface area is 147 Å². The number of aromatic amines is 1. The minimum absolute atomic E-state index is 0.168. The van der Waals surface area contributed by atoms with E-state index in [1.165, 1.54) is 12.1 Å². The number of hydrogen-bond acceptors (Lipinski definition) is 4. The molecule has 9 heteroatoms. The molecule has 2 N–H and O–H groups in total. The second-order valence-corrected chi connectivity index (χ2v) is 5.37. The van der Waals surface area contributed by atoms with E-state index >= 15 is 0 Å². The zero-order valence-electron chi connectivity index (χ0n) is 14.3. The van der Waals surface area contributed by atoms with Crippen molar-refractivity contribution in [1.82, 2.24) is 4.98 Å². The summed E-state index contributed by atoms with van der Waals surface area (Å²) in [6, 6.07) is 4.71. The second-order valence-electron chi connectivity index (χ2n) is 5.37. The Kier molecular flexibility index (Phi) is 5.59. The molecule has 0 saturated carbocycles. The van der Waals surface area contributed by atoms with Crippen LogP contribution in [0.15, 0.2) is 24.3 Å². The molecule has 2 aromatic rings. The summed E-state index contributed by atoms with van der Waals surface area (Å²) in [5, 5.41) is 2.54. The van der Waals surface area contributed by atoms with Gasteiger partial charge in [0, 0.05) is 11.4 Å². The van der Waals surface area contributed by atoms with Crippen LogP contribution in [0.25, 0.3) is 0 Å². The van der Waals surface area contributed by atoms with Crippen molar-refractivity contribution in [2.24, 2.45) is 0 Å². The Morgan fingerprint density at radius 3 is 2.31 bits per heavy atom. The Bertz CT molecular complexity index is 811. The first-order valence-corrected chi connectivity index (χ1v) is 7.65. The van der Waals surface area contributed by atoms with Gasteiger partial charge in [-0.15, -0.1) is 13.2 Å². The maximum absolute atomic E-state index is 12.4. The third kappa shape index (κ3) is 4.56. The number of anilines is 1. The zero-order chi connectivity index (χ0) is 19.5. The molecule has 0 aliphatic carbocycles. The first-order valence-electron chi connectivity index (χ1n) is 7.65. The average molecular weight is 370 g/mol. The number of amides is 1. The van der Waals surface area contributed by atoms with E-state index in [1.807, 2.05) is 0 Å². The molecular weight excluding hydrogens is 353 g/mol. The quantitative estimate of drug-likeness (QED) is 0.781. The molecule has 1 aromatic heterocycles. The van der Waals surface area contributed by atoms with Gasteiger partial charge in [-0.1, -0.05) is 0 Å². The number of ether oxygens (including phenoxy) is 2. The number of hydrogen-bond donors (Lipinski definition) is 2. The number of carbonyl (C=O) groups is 2. The predicted molar refractivity (Wildman–Crippen MR) is 87.3 cm³/mol.